The molecule has 0 bridgehead atoms. The molecule has 34 heavy (non-hydrogen) atoms. The highest BCUT2D eigenvalue weighted by Crippen LogP contribution is 2.44. The Kier molecular flexibility index (Phi) is 8.28. The Morgan fingerprint density at radius 3 is 2.44 bits per heavy atom. The highest BCUT2D eigenvalue weighted by Gasteiger charge is 2.57. The van der Waals surface area contributed by atoms with Gasteiger partial charge in [0.15, 0.2) is 0 Å². The number of alkyl halides is 3. The van der Waals surface area contributed by atoms with E-state index in [4.69, 9.17) is 9.90 Å². The van der Waals surface area contributed by atoms with E-state index in [0.29, 0.717) is 18.3 Å². The van der Waals surface area contributed by atoms with Crippen LogP contribution in [0.3, 0.4) is 0 Å². The number of hydrogen-bond acceptors (Lipinski definition) is 5. The lowest BCUT2D eigenvalue weighted by Gasteiger charge is -2.43. The SMILES string of the molecule is CC(C)CCN1C[C@H]2C(=O)NC3(CCN(C(=O)Cc4ccsc4)CC3)[C@H]2C1.O=C(O)C(F)(F)F. The van der Waals surface area contributed by atoms with Gasteiger partial charge in [0.05, 0.1) is 12.3 Å². The lowest BCUT2D eigenvalue weighted by Crippen LogP contribution is -2.56. The van der Waals surface area contributed by atoms with E-state index in [2.05, 4.69) is 29.4 Å². The number of carbonyl (C=O) groups excluding carboxylic acids is 2. The zero-order chi connectivity index (χ0) is 25.1. The second-order valence-corrected chi connectivity index (χ2v) is 10.6. The number of aliphatic carboxylic acids is 1. The summed E-state index contributed by atoms with van der Waals surface area (Å²) < 4.78 is 31.7. The topological polar surface area (TPSA) is 90.0 Å². The maximum atomic E-state index is 12.6. The molecule has 1 spiro atoms. The zero-order valence-corrected chi connectivity index (χ0v) is 20.3. The number of nitrogens with zero attached hydrogens (tertiary/aromatic N) is 2. The van der Waals surface area contributed by atoms with Crippen LogP contribution >= 0.6 is 11.3 Å². The number of carbonyl (C=O) groups is 3. The summed E-state index contributed by atoms with van der Waals surface area (Å²) in [6.07, 6.45) is -1.60. The molecule has 0 unspecified atom stereocenters. The van der Waals surface area contributed by atoms with Gasteiger partial charge < -0.3 is 20.2 Å². The van der Waals surface area contributed by atoms with Crippen LogP contribution in [-0.4, -0.2) is 77.1 Å². The first-order chi connectivity index (χ1) is 15.9. The number of carboxylic acids is 1. The fourth-order valence-electron chi connectivity index (χ4n) is 5.10. The molecule has 2 N–H and O–H groups in total. The average molecular weight is 504 g/mol. The molecule has 0 aliphatic carbocycles. The maximum Gasteiger partial charge on any atom is 0.490 e. The minimum absolute atomic E-state index is 0.0898. The molecule has 4 rings (SSSR count). The van der Waals surface area contributed by atoms with Crippen LogP contribution in [0.4, 0.5) is 13.2 Å². The molecule has 7 nitrogen and oxygen atoms in total. The first kappa shape index (κ1) is 26.5. The van der Waals surface area contributed by atoms with Crippen molar-refractivity contribution >= 4 is 29.1 Å². The molecule has 3 fully saturated rings. The van der Waals surface area contributed by atoms with Crippen molar-refractivity contribution in [3.63, 3.8) is 0 Å². The predicted octanol–water partition coefficient (Wildman–Crippen LogP) is 3.01. The Hall–Kier alpha value is -2.14. The van der Waals surface area contributed by atoms with Crippen LogP contribution in [0.2, 0.25) is 0 Å². The number of hydrogen-bond donors (Lipinski definition) is 2. The number of thiophene rings is 1. The third kappa shape index (κ3) is 6.29. The Morgan fingerprint density at radius 1 is 1.26 bits per heavy atom. The number of nitrogens with one attached hydrogen (secondary N) is 1. The van der Waals surface area contributed by atoms with Crippen LogP contribution in [0, 0.1) is 17.8 Å². The highest BCUT2D eigenvalue weighted by molar-refractivity contribution is 7.08. The summed E-state index contributed by atoms with van der Waals surface area (Å²) in [7, 11) is 0. The van der Waals surface area contributed by atoms with Gasteiger partial charge in [0, 0.05) is 37.6 Å². The van der Waals surface area contributed by atoms with Gasteiger partial charge in [-0.2, -0.15) is 24.5 Å². The van der Waals surface area contributed by atoms with Gasteiger partial charge in [-0.15, -0.1) is 0 Å². The molecular formula is C23H32F3N3O4S. The maximum absolute atomic E-state index is 12.6. The molecule has 0 saturated carbocycles. The normalized spacial score (nSPS) is 24.1. The lowest BCUT2D eigenvalue weighted by molar-refractivity contribution is -0.192. The average Bonchev–Trinajstić information content (AvgIpc) is 3.46. The van der Waals surface area contributed by atoms with Gasteiger partial charge in [0.2, 0.25) is 11.8 Å². The van der Waals surface area contributed by atoms with E-state index < -0.39 is 12.1 Å². The van der Waals surface area contributed by atoms with E-state index in [9.17, 15) is 22.8 Å². The van der Waals surface area contributed by atoms with Crippen molar-refractivity contribution in [2.45, 2.75) is 51.2 Å². The number of fused-ring (bicyclic) bond motifs is 2. The first-order valence-electron chi connectivity index (χ1n) is 11.5. The molecule has 0 aromatic carbocycles. The van der Waals surface area contributed by atoms with Gasteiger partial charge in [-0.25, -0.2) is 4.79 Å². The van der Waals surface area contributed by atoms with Crippen LogP contribution in [0.5, 0.6) is 0 Å². The molecular weight excluding hydrogens is 471 g/mol. The molecule has 0 radical (unpaired) electrons. The van der Waals surface area contributed by atoms with Crippen molar-refractivity contribution in [2.24, 2.45) is 17.8 Å². The van der Waals surface area contributed by atoms with Gasteiger partial charge in [0.1, 0.15) is 0 Å². The second kappa shape index (κ2) is 10.6. The largest absolute Gasteiger partial charge is 0.490 e. The van der Waals surface area contributed by atoms with Gasteiger partial charge in [-0.1, -0.05) is 13.8 Å². The standard InChI is InChI=1S/C21H31N3O2S.C2HF3O2/c1-15(2)3-7-23-12-17-18(13-23)21(22-20(17)26)5-8-24(9-6-21)19(25)11-16-4-10-27-14-16;3-2(4,5)1(6)7/h4,10,14-15,17-18H,3,5-9,11-13H2,1-2H3,(H,22,26);(H,6,7)/t17-,18+;/m1./s1. The summed E-state index contributed by atoms with van der Waals surface area (Å²) >= 11 is 1.64. The number of likely N-dealkylation sites (tertiary alicyclic amines) is 2. The third-order valence-electron chi connectivity index (χ3n) is 7.02. The molecule has 11 heteroatoms. The van der Waals surface area contributed by atoms with Crippen molar-refractivity contribution in [3.05, 3.63) is 22.4 Å². The molecule has 2 atom stereocenters. The Morgan fingerprint density at radius 2 is 1.91 bits per heavy atom. The molecule has 3 saturated heterocycles. The number of piperidine rings is 1. The van der Waals surface area contributed by atoms with E-state index in [1.165, 1.54) is 6.42 Å². The fraction of sp³-hybridized carbons (Fsp3) is 0.696. The minimum atomic E-state index is -5.08. The van der Waals surface area contributed by atoms with Gasteiger partial charge in [0.25, 0.3) is 0 Å². The van der Waals surface area contributed by atoms with Crippen molar-refractivity contribution in [1.82, 2.24) is 15.1 Å². The molecule has 3 aliphatic rings. The third-order valence-corrected chi connectivity index (χ3v) is 7.76. The first-order valence-corrected chi connectivity index (χ1v) is 12.5. The van der Waals surface area contributed by atoms with E-state index in [-0.39, 0.29) is 23.3 Å². The lowest BCUT2D eigenvalue weighted by atomic mass is 9.75. The summed E-state index contributed by atoms with van der Waals surface area (Å²) in [5.41, 5.74) is 1.02. The van der Waals surface area contributed by atoms with Crippen molar-refractivity contribution in [2.75, 3.05) is 32.7 Å². The van der Waals surface area contributed by atoms with Crippen molar-refractivity contribution in [1.29, 1.82) is 0 Å². The number of halogens is 3. The smallest absolute Gasteiger partial charge is 0.475 e. The second-order valence-electron chi connectivity index (χ2n) is 9.79. The summed E-state index contributed by atoms with van der Waals surface area (Å²) in [6.45, 7) is 9.07. The van der Waals surface area contributed by atoms with E-state index >= 15 is 0 Å². The van der Waals surface area contributed by atoms with Crippen LogP contribution in [-0.2, 0) is 20.8 Å². The molecule has 3 aliphatic heterocycles. The molecule has 4 heterocycles. The molecule has 190 valence electrons. The van der Waals surface area contributed by atoms with Crippen LogP contribution in [0.1, 0.15) is 38.7 Å². The number of amides is 2. The fourth-order valence-corrected chi connectivity index (χ4v) is 5.76. The summed E-state index contributed by atoms with van der Waals surface area (Å²) in [6, 6.07) is 2.03. The van der Waals surface area contributed by atoms with Crippen molar-refractivity contribution < 1.29 is 32.7 Å². The Labute approximate surface area is 201 Å². The van der Waals surface area contributed by atoms with Crippen molar-refractivity contribution in [3.8, 4) is 0 Å². The van der Waals surface area contributed by atoms with Crippen LogP contribution < -0.4 is 5.32 Å². The van der Waals surface area contributed by atoms with Gasteiger partial charge in [-0.05, 0) is 54.1 Å². The van der Waals surface area contributed by atoms with Crippen LogP contribution in [0.15, 0.2) is 16.8 Å². The quantitative estimate of drug-likeness (QED) is 0.645. The zero-order valence-electron chi connectivity index (χ0n) is 19.4. The molecule has 1 aromatic heterocycles. The van der Waals surface area contributed by atoms with E-state index in [1.54, 1.807) is 11.3 Å². The predicted molar refractivity (Wildman–Crippen MR) is 121 cm³/mol. The summed E-state index contributed by atoms with van der Waals surface area (Å²) in [4.78, 5) is 38.6. The summed E-state index contributed by atoms with van der Waals surface area (Å²) in [5, 5.41) is 14.6. The minimum Gasteiger partial charge on any atom is -0.475 e. The Balaban J connectivity index is 0.000000406. The van der Waals surface area contributed by atoms with E-state index in [1.807, 2.05) is 16.3 Å². The number of carboxylic acid groups (broad SMARTS) is 1. The molecule has 2 amide bonds. The van der Waals surface area contributed by atoms with Gasteiger partial charge in [-0.3, -0.25) is 9.59 Å². The highest BCUT2D eigenvalue weighted by atomic mass is 32.1. The molecule has 1 aromatic rings. The monoisotopic (exact) mass is 503 g/mol. The number of rotatable bonds is 5. The van der Waals surface area contributed by atoms with Gasteiger partial charge >= 0.3 is 12.1 Å². The van der Waals surface area contributed by atoms with E-state index in [0.717, 1.165) is 51.1 Å². The summed E-state index contributed by atoms with van der Waals surface area (Å²) in [5.74, 6) is -1.05. The Bertz CT molecular complexity index is 867. The van der Waals surface area contributed by atoms with Crippen LogP contribution in [0.25, 0.3) is 0 Å².